The first-order valence-electron chi connectivity index (χ1n) is 4.36. The molecule has 0 unspecified atom stereocenters. The van der Waals surface area contributed by atoms with Gasteiger partial charge in [-0.25, -0.2) is 0 Å². The molecule has 17 heavy (non-hydrogen) atoms. The standard InChI is InChI=1S/C9H6F3NO3S/c10-9(11,12)17(14,15)13-7-1-2-8-6(5-7)3-4-16-8/h1-5,13H. The summed E-state index contributed by atoms with van der Waals surface area (Å²) in [5.41, 5.74) is -5.05. The van der Waals surface area contributed by atoms with E-state index in [-0.39, 0.29) is 5.69 Å². The molecule has 1 N–H and O–H groups in total. The van der Waals surface area contributed by atoms with Gasteiger partial charge in [0.1, 0.15) is 5.58 Å². The van der Waals surface area contributed by atoms with Crippen molar-refractivity contribution < 1.29 is 26.0 Å². The van der Waals surface area contributed by atoms with E-state index in [9.17, 15) is 21.6 Å². The van der Waals surface area contributed by atoms with Gasteiger partial charge in [-0.2, -0.15) is 21.6 Å². The topological polar surface area (TPSA) is 59.3 Å². The predicted octanol–water partition coefficient (Wildman–Crippen LogP) is 2.69. The number of sulfonamides is 1. The zero-order valence-electron chi connectivity index (χ0n) is 8.15. The molecule has 0 amide bonds. The second-order valence-electron chi connectivity index (χ2n) is 3.22. The molecule has 1 aromatic heterocycles. The number of furan rings is 1. The normalized spacial score (nSPS) is 12.9. The van der Waals surface area contributed by atoms with Crippen molar-refractivity contribution >= 4 is 26.7 Å². The third-order valence-corrected chi connectivity index (χ3v) is 3.12. The fourth-order valence-corrected chi connectivity index (χ4v) is 1.80. The maximum Gasteiger partial charge on any atom is 0.516 e. The molecular formula is C9H6F3NO3S. The molecule has 0 radical (unpaired) electrons. The molecule has 1 aromatic carbocycles. The summed E-state index contributed by atoms with van der Waals surface area (Å²) in [6.07, 6.45) is 1.35. The second-order valence-corrected chi connectivity index (χ2v) is 4.90. The summed E-state index contributed by atoms with van der Waals surface area (Å²) in [6.45, 7) is 0. The van der Waals surface area contributed by atoms with Gasteiger partial charge in [-0.3, -0.25) is 4.72 Å². The van der Waals surface area contributed by atoms with Gasteiger partial charge in [0.05, 0.1) is 6.26 Å². The van der Waals surface area contributed by atoms with Gasteiger partial charge in [0.15, 0.2) is 0 Å². The van der Waals surface area contributed by atoms with Gasteiger partial charge in [0, 0.05) is 11.1 Å². The number of hydrogen-bond donors (Lipinski definition) is 1. The van der Waals surface area contributed by atoms with Crippen LogP contribution in [-0.4, -0.2) is 13.9 Å². The Hall–Kier alpha value is -1.70. The molecule has 2 aromatic rings. The lowest BCUT2D eigenvalue weighted by molar-refractivity contribution is -0.0429. The quantitative estimate of drug-likeness (QED) is 0.908. The maximum atomic E-state index is 12.1. The molecule has 0 bridgehead atoms. The summed E-state index contributed by atoms with van der Waals surface area (Å²) in [4.78, 5) is 0. The van der Waals surface area contributed by atoms with E-state index in [0.29, 0.717) is 11.0 Å². The molecule has 0 aliphatic heterocycles. The molecule has 8 heteroatoms. The minimum atomic E-state index is -5.38. The number of rotatable bonds is 2. The molecule has 0 saturated heterocycles. The molecule has 0 aliphatic carbocycles. The van der Waals surface area contributed by atoms with Crippen molar-refractivity contribution in [2.75, 3.05) is 4.72 Å². The highest BCUT2D eigenvalue weighted by Crippen LogP contribution is 2.27. The van der Waals surface area contributed by atoms with Crippen molar-refractivity contribution in [3.05, 3.63) is 30.5 Å². The Kier molecular flexibility index (Phi) is 2.53. The molecular weight excluding hydrogens is 259 g/mol. The number of benzene rings is 1. The Labute approximate surface area is 94.1 Å². The molecule has 0 saturated carbocycles. The highest BCUT2D eigenvalue weighted by atomic mass is 32.2. The predicted molar refractivity (Wildman–Crippen MR) is 54.8 cm³/mol. The number of anilines is 1. The molecule has 1 heterocycles. The Bertz CT molecular complexity index is 645. The van der Waals surface area contributed by atoms with Gasteiger partial charge >= 0.3 is 15.5 Å². The monoisotopic (exact) mass is 265 g/mol. The van der Waals surface area contributed by atoms with Crippen LogP contribution in [0.25, 0.3) is 11.0 Å². The largest absolute Gasteiger partial charge is 0.516 e. The SMILES string of the molecule is O=S(=O)(Nc1ccc2occc2c1)C(F)(F)F. The highest BCUT2D eigenvalue weighted by Gasteiger charge is 2.46. The summed E-state index contributed by atoms with van der Waals surface area (Å²) < 4.78 is 64.4. The summed E-state index contributed by atoms with van der Waals surface area (Å²) in [5, 5.41) is 0.507. The van der Waals surface area contributed by atoms with Crippen LogP contribution >= 0.6 is 0 Å². The fraction of sp³-hybridized carbons (Fsp3) is 0.111. The minimum Gasteiger partial charge on any atom is -0.464 e. The van der Waals surface area contributed by atoms with Crippen LogP contribution in [0.1, 0.15) is 0 Å². The van der Waals surface area contributed by atoms with Crippen LogP contribution in [0.15, 0.2) is 34.9 Å². The molecule has 0 fully saturated rings. The number of alkyl halides is 3. The lowest BCUT2D eigenvalue weighted by Crippen LogP contribution is -2.29. The van der Waals surface area contributed by atoms with Crippen LogP contribution in [0.3, 0.4) is 0 Å². The van der Waals surface area contributed by atoms with E-state index < -0.39 is 15.5 Å². The van der Waals surface area contributed by atoms with E-state index >= 15 is 0 Å². The highest BCUT2D eigenvalue weighted by molar-refractivity contribution is 7.93. The first kappa shape index (κ1) is 11.8. The lowest BCUT2D eigenvalue weighted by atomic mass is 10.2. The fourth-order valence-electron chi connectivity index (χ4n) is 1.24. The summed E-state index contributed by atoms with van der Waals surface area (Å²) >= 11 is 0. The average molecular weight is 265 g/mol. The van der Waals surface area contributed by atoms with E-state index in [1.807, 2.05) is 0 Å². The average Bonchev–Trinajstić information content (AvgIpc) is 2.62. The van der Waals surface area contributed by atoms with Crippen LogP contribution < -0.4 is 4.72 Å². The van der Waals surface area contributed by atoms with Crippen LogP contribution in [-0.2, 0) is 10.0 Å². The number of fused-ring (bicyclic) bond motifs is 1. The maximum absolute atomic E-state index is 12.1. The van der Waals surface area contributed by atoms with Gasteiger partial charge in [-0.05, 0) is 24.3 Å². The van der Waals surface area contributed by atoms with E-state index in [0.717, 1.165) is 0 Å². The first-order chi connectivity index (χ1) is 7.79. The van der Waals surface area contributed by atoms with Crippen LogP contribution in [0.4, 0.5) is 18.9 Å². The van der Waals surface area contributed by atoms with Gasteiger partial charge < -0.3 is 4.42 Å². The number of nitrogens with one attached hydrogen (secondary N) is 1. The minimum absolute atomic E-state index is 0.170. The Morgan fingerprint density at radius 3 is 2.53 bits per heavy atom. The summed E-state index contributed by atoms with van der Waals surface area (Å²) in [5.74, 6) is 0. The van der Waals surface area contributed by atoms with Gasteiger partial charge in [0.25, 0.3) is 0 Å². The van der Waals surface area contributed by atoms with E-state index in [4.69, 9.17) is 4.42 Å². The smallest absolute Gasteiger partial charge is 0.464 e. The van der Waals surface area contributed by atoms with Crippen LogP contribution in [0.5, 0.6) is 0 Å². The zero-order chi connectivity index (χ0) is 12.7. The van der Waals surface area contributed by atoms with Crippen LogP contribution in [0, 0.1) is 0 Å². The van der Waals surface area contributed by atoms with Gasteiger partial charge in [-0.1, -0.05) is 0 Å². The van der Waals surface area contributed by atoms with E-state index in [1.165, 1.54) is 35.3 Å². The Balaban J connectivity index is 2.36. The van der Waals surface area contributed by atoms with Crippen LogP contribution in [0.2, 0.25) is 0 Å². The van der Waals surface area contributed by atoms with Crippen molar-refractivity contribution in [1.82, 2.24) is 0 Å². The molecule has 0 spiro atoms. The van der Waals surface area contributed by atoms with Crippen molar-refractivity contribution in [2.45, 2.75) is 5.51 Å². The summed E-state index contributed by atoms with van der Waals surface area (Å²) in [6, 6.07) is 5.33. The molecule has 92 valence electrons. The first-order valence-corrected chi connectivity index (χ1v) is 5.84. The molecule has 4 nitrogen and oxygen atoms in total. The Morgan fingerprint density at radius 1 is 1.18 bits per heavy atom. The Morgan fingerprint density at radius 2 is 1.88 bits per heavy atom. The van der Waals surface area contributed by atoms with Gasteiger partial charge in [-0.15, -0.1) is 0 Å². The van der Waals surface area contributed by atoms with Crippen molar-refractivity contribution in [3.8, 4) is 0 Å². The van der Waals surface area contributed by atoms with Crippen molar-refractivity contribution in [1.29, 1.82) is 0 Å². The lowest BCUT2D eigenvalue weighted by Gasteiger charge is -2.10. The molecule has 2 rings (SSSR count). The van der Waals surface area contributed by atoms with E-state index in [1.54, 1.807) is 0 Å². The summed E-state index contributed by atoms with van der Waals surface area (Å²) in [7, 11) is -5.38. The van der Waals surface area contributed by atoms with Gasteiger partial charge in [0.2, 0.25) is 0 Å². The number of hydrogen-bond acceptors (Lipinski definition) is 3. The third kappa shape index (κ3) is 2.21. The molecule has 0 atom stereocenters. The van der Waals surface area contributed by atoms with E-state index in [2.05, 4.69) is 0 Å². The number of halogens is 3. The molecule has 0 aliphatic rings. The van der Waals surface area contributed by atoms with Crippen molar-refractivity contribution in [3.63, 3.8) is 0 Å². The zero-order valence-corrected chi connectivity index (χ0v) is 8.97. The van der Waals surface area contributed by atoms with Crippen molar-refractivity contribution in [2.24, 2.45) is 0 Å². The third-order valence-electron chi connectivity index (χ3n) is 2.01. The second kappa shape index (κ2) is 3.66.